The lowest BCUT2D eigenvalue weighted by Gasteiger charge is -2.21. The van der Waals surface area contributed by atoms with Crippen LogP contribution in [0.4, 0.5) is 13.2 Å². The van der Waals surface area contributed by atoms with E-state index in [-0.39, 0.29) is 6.04 Å². The highest BCUT2D eigenvalue weighted by Gasteiger charge is 2.32. The molecule has 1 aromatic carbocycles. The minimum absolute atomic E-state index is 0.296. The molecule has 1 fully saturated rings. The maximum absolute atomic E-state index is 12.7. The Morgan fingerprint density at radius 2 is 1.83 bits per heavy atom. The van der Waals surface area contributed by atoms with E-state index >= 15 is 0 Å². The first kappa shape index (κ1) is 13.9. The second-order valence-corrected chi connectivity index (χ2v) is 5.66. The Bertz CT molecular complexity index is 425. The van der Waals surface area contributed by atoms with Crippen LogP contribution in [0.3, 0.4) is 0 Å². The summed E-state index contributed by atoms with van der Waals surface area (Å²) in [7, 11) is 0. The predicted molar refractivity (Wildman–Crippen MR) is 68.0 cm³/mol. The molecule has 100 valence electrons. The van der Waals surface area contributed by atoms with Crippen LogP contribution in [0.25, 0.3) is 0 Å². The molecule has 18 heavy (non-hydrogen) atoms. The molecule has 0 bridgehead atoms. The second kappa shape index (κ2) is 5.21. The van der Waals surface area contributed by atoms with Crippen molar-refractivity contribution in [3.8, 4) is 0 Å². The zero-order valence-electron chi connectivity index (χ0n) is 9.80. The monoisotopic (exact) mass is 321 g/mol. The van der Waals surface area contributed by atoms with Gasteiger partial charge in [0, 0.05) is 10.5 Å². The fourth-order valence-corrected chi connectivity index (χ4v) is 3.06. The number of benzene rings is 1. The first-order valence-electron chi connectivity index (χ1n) is 6.02. The van der Waals surface area contributed by atoms with Crippen molar-refractivity contribution in [3.63, 3.8) is 0 Å². The Hall–Kier alpha value is -0.550. The Balaban J connectivity index is 2.31. The Labute approximate surface area is 113 Å². The highest BCUT2D eigenvalue weighted by molar-refractivity contribution is 9.10. The fourth-order valence-electron chi connectivity index (χ4n) is 2.55. The molecule has 1 aromatic rings. The normalized spacial score (nSPS) is 19.2. The van der Waals surface area contributed by atoms with Crippen molar-refractivity contribution in [2.75, 3.05) is 0 Å². The quantitative estimate of drug-likeness (QED) is 0.842. The van der Waals surface area contributed by atoms with Gasteiger partial charge >= 0.3 is 6.18 Å². The van der Waals surface area contributed by atoms with E-state index in [2.05, 4.69) is 15.9 Å². The van der Waals surface area contributed by atoms with Crippen molar-refractivity contribution >= 4 is 15.9 Å². The van der Waals surface area contributed by atoms with Gasteiger partial charge in [-0.25, -0.2) is 0 Å². The molecule has 1 aliphatic rings. The van der Waals surface area contributed by atoms with Crippen LogP contribution in [0.15, 0.2) is 22.7 Å². The standard InChI is InChI=1S/C13H15BrF3N/c14-11-6-5-9(13(15,16)17)7-10(11)12(18)8-3-1-2-4-8/h5-8,12H,1-4,18H2/t12-/m1/s1. The Kier molecular flexibility index (Phi) is 4.02. The molecule has 0 saturated heterocycles. The van der Waals surface area contributed by atoms with Gasteiger partial charge in [0.05, 0.1) is 5.56 Å². The summed E-state index contributed by atoms with van der Waals surface area (Å²) in [5.74, 6) is 0.296. The Morgan fingerprint density at radius 3 is 2.39 bits per heavy atom. The zero-order valence-corrected chi connectivity index (χ0v) is 11.4. The molecule has 2 rings (SSSR count). The van der Waals surface area contributed by atoms with Crippen molar-refractivity contribution < 1.29 is 13.2 Å². The van der Waals surface area contributed by atoms with Gasteiger partial charge in [-0.2, -0.15) is 13.2 Å². The van der Waals surface area contributed by atoms with Crippen LogP contribution in [0.2, 0.25) is 0 Å². The average molecular weight is 322 g/mol. The SMILES string of the molecule is N[C@@H](c1cc(C(F)(F)F)ccc1Br)C1CCCC1. The van der Waals surface area contributed by atoms with Gasteiger partial charge in [-0.15, -0.1) is 0 Å². The smallest absolute Gasteiger partial charge is 0.324 e. The van der Waals surface area contributed by atoms with Crippen molar-refractivity contribution in [2.24, 2.45) is 11.7 Å². The topological polar surface area (TPSA) is 26.0 Å². The van der Waals surface area contributed by atoms with Crippen LogP contribution in [0.5, 0.6) is 0 Å². The molecule has 0 radical (unpaired) electrons. The van der Waals surface area contributed by atoms with Gasteiger partial charge in [0.25, 0.3) is 0 Å². The molecular formula is C13H15BrF3N. The lowest BCUT2D eigenvalue weighted by molar-refractivity contribution is -0.137. The first-order chi connectivity index (χ1) is 8.39. The van der Waals surface area contributed by atoms with Crippen molar-refractivity contribution in [2.45, 2.75) is 37.9 Å². The molecule has 5 heteroatoms. The molecule has 1 saturated carbocycles. The summed E-state index contributed by atoms with van der Waals surface area (Å²) >= 11 is 3.30. The number of nitrogens with two attached hydrogens (primary N) is 1. The third-order valence-corrected chi connectivity index (χ3v) is 4.31. The number of halogens is 4. The van der Waals surface area contributed by atoms with E-state index in [9.17, 15) is 13.2 Å². The molecule has 0 heterocycles. The second-order valence-electron chi connectivity index (χ2n) is 4.80. The van der Waals surface area contributed by atoms with Gasteiger partial charge in [0.1, 0.15) is 0 Å². The van der Waals surface area contributed by atoms with Crippen molar-refractivity contribution in [1.82, 2.24) is 0 Å². The minimum atomic E-state index is -4.31. The average Bonchev–Trinajstić information content (AvgIpc) is 2.80. The third kappa shape index (κ3) is 2.88. The summed E-state index contributed by atoms with van der Waals surface area (Å²) in [6, 6.07) is 3.37. The van der Waals surface area contributed by atoms with E-state index in [1.807, 2.05) is 0 Å². The molecule has 1 aliphatic carbocycles. The van der Waals surface area contributed by atoms with E-state index in [0.29, 0.717) is 16.0 Å². The number of hydrogen-bond donors (Lipinski definition) is 1. The minimum Gasteiger partial charge on any atom is -0.324 e. The molecular weight excluding hydrogens is 307 g/mol. The molecule has 1 atom stereocenters. The van der Waals surface area contributed by atoms with Gasteiger partial charge < -0.3 is 5.73 Å². The van der Waals surface area contributed by atoms with Gasteiger partial charge in [0.2, 0.25) is 0 Å². The molecule has 0 unspecified atom stereocenters. The maximum Gasteiger partial charge on any atom is 0.416 e. The van der Waals surface area contributed by atoms with E-state index in [4.69, 9.17) is 5.73 Å². The highest BCUT2D eigenvalue weighted by atomic mass is 79.9. The third-order valence-electron chi connectivity index (χ3n) is 3.59. The van der Waals surface area contributed by atoms with Crippen LogP contribution in [0, 0.1) is 5.92 Å². The molecule has 0 aromatic heterocycles. The Morgan fingerprint density at radius 1 is 1.22 bits per heavy atom. The summed E-state index contributed by atoms with van der Waals surface area (Å²) < 4.78 is 38.7. The lowest BCUT2D eigenvalue weighted by atomic mass is 9.91. The molecule has 0 amide bonds. The summed E-state index contributed by atoms with van der Waals surface area (Å²) in [6.45, 7) is 0. The van der Waals surface area contributed by atoms with Crippen molar-refractivity contribution in [1.29, 1.82) is 0 Å². The molecule has 0 spiro atoms. The van der Waals surface area contributed by atoms with Crippen LogP contribution < -0.4 is 5.73 Å². The van der Waals surface area contributed by atoms with E-state index in [1.165, 1.54) is 12.1 Å². The van der Waals surface area contributed by atoms with E-state index in [1.54, 1.807) is 0 Å². The van der Waals surface area contributed by atoms with Crippen LogP contribution in [0.1, 0.15) is 42.9 Å². The van der Waals surface area contributed by atoms with Crippen LogP contribution >= 0.6 is 15.9 Å². The summed E-state index contributed by atoms with van der Waals surface area (Å²) in [5, 5.41) is 0. The van der Waals surface area contributed by atoms with Gasteiger partial charge in [0.15, 0.2) is 0 Å². The summed E-state index contributed by atoms with van der Waals surface area (Å²) in [6.07, 6.45) is -0.0670. The van der Waals surface area contributed by atoms with Crippen molar-refractivity contribution in [3.05, 3.63) is 33.8 Å². The number of rotatable bonds is 2. The summed E-state index contributed by atoms with van der Waals surface area (Å²) in [4.78, 5) is 0. The maximum atomic E-state index is 12.7. The van der Waals surface area contributed by atoms with Gasteiger partial charge in [-0.05, 0) is 42.5 Å². The largest absolute Gasteiger partial charge is 0.416 e. The van der Waals surface area contributed by atoms with Gasteiger partial charge in [-0.1, -0.05) is 28.8 Å². The van der Waals surface area contributed by atoms with E-state index in [0.717, 1.165) is 31.7 Å². The first-order valence-corrected chi connectivity index (χ1v) is 6.81. The number of hydrogen-bond acceptors (Lipinski definition) is 1. The predicted octanol–water partition coefficient (Wildman–Crippen LogP) is 4.66. The lowest BCUT2D eigenvalue weighted by Crippen LogP contribution is -2.20. The summed E-state index contributed by atoms with van der Waals surface area (Å²) in [5.41, 5.74) is 6.05. The van der Waals surface area contributed by atoms with E-state index < -0.39 is 11.7 Å². The molecule has 2 N–H and O–H groups in total. The zero-order chi connectivity index (χ0) is 13.3. The molecule has 1 nitrogen and oxygen atoms in total. The van der Waals surface area contributed by atoms with Gasteiger partial charge in [-0.3, -0.25) is 0 Å². The molecule has 0 aliphatic heterocycles. The number of alkyl halides is 3. The highest BCUT2D eigenvalue weighted by Crippen LogP contribution is 2.39. The van der Waals surface area contributed by atoms with Crippen LogP contribution in [-0.4, -0.2) is 0 Å². The fraction of sp³-hybridized carbons (Fsp3) is 0.538. The van der Waals surface area contributed by atoms with Crippen LogP contribution in [-0.2, 0) is 6.18 Å².